The lowest BCUT2D eigenvalue weighted by Crippen LogP contribution is -2.23. The van der Waals surface area contributed by atoms with Gasteiger partial charge in [-0.05, 0) is 43.1 Å². The Morgan fingerprint density at radius 1 is 1.33 bits per heavy atom. The van der Waals surface area contributed by atoms with Crippen molar-refractivity contribution >= 4 is 19.9 Å². The minimum absolute atomic E-state index is 0.0685. The van der Waals surface area contributed by atoms with E-state index in [2.05, 4.69) is 6.26 Å². The van der Waals surface area contributed by atoms with Crippen LogP contribution in [-0.4, -0.2) is 23.7 Å². The molecule has 0 radical (unpaired) electrons. The van der Waals surface area contributed by atoms with Crippen molar-refractivity contribution in [2.45, 2.75) is 38.0 Å². The number of allylic oxidation sites excluding steroid dienone is 1. The van der Waals surface area contributed by atoms with Gasteiger partial charge in [0.15, 0.2) is 0 Å². The lowest BCUT2D eigenvalue weighted by Gasteiger charge is -2.31. The zero-order valence-corrected chi connectivity index (χ0v) is 10.7. The summed E-state index contributed by atoms with van der Waals surface area (Å²) in [5.41, 5.74) is 0.445. The summed E-state index contributed by atoms with van der Waals surface area (Å²) >= 11 is 0. The van der Waals surface area contributed by atoms with Gasteiger partial charge >= 0.3 is 0 Å². The first kappa shape index (κ1) is 11.8. The third kappa shape index (κ3) is 2.70. The zero-order chi connectivity index (χ0) is 10.9. The lowest BCUT2D eigenvalue weighted by molar-refractivity contribution is 0.0157. The maximum Gasteiger partial charge on any atom is 0.270 e. The van der Waals surface area contributed by atoms with Gasteiger partial charge in [-0.3, -0.25) is 0 Å². The summed E-state index contributed by atoms with van der Waals surface area (Å²) in [5.74, 6) is -0.212. The number of rotatable bonds is 1. The lowest BCUT2D eigenvalue weighted by atomic mass is 9.92. The van der Waals surface area contributed by atoms with E-state index in [0.29, 0.717) is 18.4 Å². The number of hydrogen-bond acceptors (Lipinski definition) is 1. The molecular formula is C11H18F2S2. The number of alkyl halides is 2. The van der Waals surface area contributed by atoms with Crippen molar-refractivity contribution in [3.63, 3.8) is 0 Å². The van der Waals surface area contributed by atoms with Crippen LogP contribution in [0.15, 0.2) is 11.0 Å². The molecule has 0 aromatic carbocycles. The molecule has 1 heterocycles. The van der Waals surface area contributed by atoms with Crippen LogP contribution < -0.4 is 0 Å². The fourth-order valence-electron chi connectivity index (χ4n) is 2.20. The summed E-state index contributed by atoms with van der Waals surface area (Å²) in [4.78, 5) is 0. The third-order valence-electron chi connectivity index (χ3n) is 3.09. The Kier molecular flexibility index (Phi) is 3.36. The predicted molar refractivity (Wildman–Crippen MR) is 67.0 cm³/mol. The van der Waals surface area contributed by atoms with Gasteiger partial charge in [0.05, 0.1) is 0 Å². The van der Waals surface area contributed by atoms with Gasteiger partial charge in [0.2, 0.25) is 0 Å². The molecule has 1 atom stereocenters. The molecule has 0 nitrogen and oxygen atoms in total. The second-order valence-electron chi connectivity index (χ2n) is 4.51. The first-order valence-corrected chi connectivity index (χ1v) is 9.29. The molecule has 1 unspecified atom stereocenters. The minimum Gasteiger partial charge on any atom is -0.202 e. The Labute approximate surface area is 95.6 Å². The van der Waals surface area contributed by atoms with Crippen LogP contribution in [0.1, 0.15) is 32.1 Å². The van der Waals surface area contributed by atoms with E-state index in [1.54, 1.807) is 0 Å². The van der Waals surface area contributed by atoms with E-state index in [4.69, 9.17) is 0 Å². The monoisotopic (exact) mass is 252 g/mol. The van der Waals surface area contributed by atoms with Gasteiger partial charge in [0.1, 0.15) is 0 Å². The smallest absolute Gasteiger partial charge is 0.202 e. The van der Waals surface area contributed by atoms with Gasteiger partial charge in [0, 0.05) is 17.7 Å². The van der Waals surface area contributed by atoms with E-state index < -0.39 is 15.0 Å². The number of hydrogen-bond donors (Lipinski definition) is 0. The summed E-state index contributed by atoms with van der Waals surface area (Å²) in [6.07, 6.45) is 5.70. The molecule has 0 N–H and O–H groups in total. The Bertz CT molecular complexity index is 268. The third-order valence-corrected chi connectivity index (χ3v) is 8.88. The normalized spacial score (nSPS) is 42.7. The maximum atomic E-state index is 13.6. The molecule has 0 spiro atoms. The topological polar surface area (TPSA) is 0 Å². The molecule has 1 saturated heterocycles. The van der Waals surface area contributed by atoms with E-state index in [0.717, 1.165) is 17.9 Å². The molecule has 2 fully saturated rings. The summed E-state index contributed by atoms with van der Waals surface area (Å²) in [5, 5.41) is 1.96. The molecule has 1 aliphatic carbocycles. The molecule has 0 amide bonds. The second-order valence-corrected chi connectivity index (χ2v) is 10.9. The molecular weight excluding hydrogens is 234 g/mol. The average molecular weight is 252 g/mol. The average Bonchev–Trinajstić information content (AvgIpc) is 2.56. The second kappa shape index (κ2) is 4.28. The van der Waals surface area contributed by atoms with Gasteiger partial charge in [-0.2, -0.15) is 9.06 Å². The van der Waals surface area contributed by atoms with Crippen LogP contribution in [0, 0.1) is 0 Å². The predicted octanol–water partition coefficient (Wildman–Crippen LogP) is 4.57. The maximum absolute atomic E-state index is 13.6. The standard InChI is InChI=1S/C11H18F2S2/c1-15(8-4-7-14-15)9-10-5-2-3-6-11(10,12)13/h9H,2-8H2,1H3/b10-9+. The van der Waals surface area contributed by atoms with Crippen molar-refractivity contribution in [1.82, 2.24) is 0 Å². The summed E-state index contributed by atoms with van der Waals surface area (Å²) in [6, 6.07) is 0. The fourth-order valence-corrected chi connectivity index (χ4v) is 7.69. The van der Waals surface area contributed by atoms with Gasteiger partial charge in [-0.15, -0.1) is 10.8 Å². The van der Waals surface area contributed by atoms with Crippen LogP contribution in [0.4, 0.5) is 8.78 Å². The zero-order valence-electron chi connectivity index (χ0n) is 9.10. The first-order valence-electron chi connectivity index (χ1n) is 5.51. The van der Waals surface area contributed by atoms with Gasteiger partial charge < -0.3 is 0 Å². The van der Waals surface area contributed by atoms with Crippen molar-refractivity contribution < 1.29 is 8.78 Å². The van der Waals surface area contributed by atoms with Crippen molar-refractivity contribution in [2.75, 3.05) is 17.8 Å². The summed E-state index contributed by atoms with van der Waals surface area (Å²) in [6.45, 7) is 0. The minimum atomic E-state index is -2.50. The molecule has 2 aliphatic rings. The molecule has 2 rings (SSSR count). The van der Waals surface area contributed by atoms with Crippen LogP contribution in [-0.2, 0) is 0 Å². The Morgan fingerprint density at radius 2 is 2.13 bits per heavy atom. The van der Waals surface area contributed by atoms with Crippen molar-refractivity contribution in [3.8, 4) is 0 Å². The van der Waals surface area contributed by atoms with Crippen molar-refractivity contribution in [1.29, 1.82) is 0 Å². The molecule has 1 aliphatic heterocycles. The van der Waals surface area contributed by atoms with E-state index in [-0.39, 0.29) is 6.42 Å². The first-order chi connectivity index (χ1) is 7.02. The Hall–Kier alpha value is 0.300. The van der Waals surface area contributed by atoms with E-state index >= 15 is 0 Å². The highest BCUT2D eigenvalue weighted by Crippen LogP contribution is 2.64. The quantitative estimate of drug-likeness (QED) is 0.616. The van der Waals surface area contributed by atoms with Gasteiger partial charge in [-0.1, -0.05) is 0 Å². The van der Waals surface area contributed by atoms with Crippen LogP contribution >= 0.6 is 19.9 Å². The molecule has 0 aromatic heterocycles. The summed E-state index contributed by atoms with van der Waals surface area (Å²) < 4.78 is 27.3. The molecule has 1 saturated carbocycles. The highest BCUT2D eigenvalue weighted by atomic mass is 33.2. The van der Waals surface area contributed by atoms with Crippen LogP contribution in [0.3, 0.4) is 0 Å². The van der Waals surface area contributed by atoms with Gasteiger partial charge in [-0.25, -0.2) is 8.78 Å². The van der Waals surface area contributed by atoms with E-state index in [1.165, 1.54) is 6.42 Å². The summed E-state index contributed by atoms with van der Waals surface area (Å²) in [7, 11) is 1.01. The molecule has 15 heavy (non-hydrogen) atoms. The number of halogens is 2. The van der Waals surface area contributed by atoms with Crippen LogP contribution in [0.2, 0.25) is 0 Å². The van der Waals surface area contributed by atoms with E-state index in [1.807, 2.05) is 16.2 Å². The van der Waals surface area contributed by atoms with Crippen LogP contribution in [0.25, 0.3) is 0 Å². The van der Waals surface area contributed by atoms with Crippen molar-refractivity contribution in [2.24, 2.45) is 0 Å². The van der Waals surface area contributed by atoms with E-state index in [9.17, 15) is 8.78 Å². The largest absolute Gasteiger partial charge is 0.270 e. The highest BCUT2D eigenvalue weighted by Gasteiger charge is 2.37. The van der Waals surface area contributed by atoms with Gasteiger partial charge in [0.25, 0.3) is 5.92 Å². The molecule has 4 heteroatoms. The fraction of sp³-hybridized carbons (Fsp3) is 0.818. The molecule has 0 bridgehead atoms. The molecule has 0 aromatic rings. The van der Waals surface area contributed by atoms with Crippen molar-refractivity contribution in [3.05, 3.63) is 11.0 Å². The van der Waals surface area contributed by atoms with Crippen LogP contribution in [0.5, 0.6) is 0 Å². The Balaban J connectivity index is 2.16. The SMILES string of the molecule is CS1(/C=C2\CCCCC2(F)F)CCCS1. The highest BCUT2D eigenvalue weighted by molar-refractivity contribution is 8.95. The Morgan fingerprint density at radius 3 is 2.73 bits per heavy atom. The molecule has 88 valence electrons.